The maximum absolute atomic E-state index is 9.33. The number of rotatable bonds is 3. The Bertz CT molecular complexity index is 563. The van der Waals surface area contributed by atoms with Crippen LogP contribution in [0.25, 0.3) is 0 Å². The fourth-order valence-electron chi connectivity index (χ4n) is 1.39. The average molecular weight is 242 g/mol. The van der Waals surface area contributed by atoms with Crippen molar-refractivity contribution in [3.05, 3.63) is 53.9 Å². The van der Waals surface area contributed by atoms with E-state index in [0.29, 0.717) is 11.4 Å². The number of thioether (sulfide) groups is 1. The molecular formula is C13H10N2OS. The molecule has 0 radical (unpaired) electrons. The van der Waals surface area contributed by atoms with E-state index in [2.05, 4.69) is 11.1 Å². The van der Waals surface area contributed by atoms with Gasteiger partial charge in [0.1, 0.15) is 17.5 Å². The van der Waals surface area contributed by atoms with Crippen LogP contribution in [0, 0.1) is 11.3 Å². The maximum Gasteiger partial charge on any atom is 0.144 e. The number of nitrogens with zero attached hydrogens (tertiary/aromatic N) is 2. The number of phenolic OH excluding ortho intramolecular Hbond substituents is 1. The van der Waals surface area contributed by atoms with Gasteiger partial charge >= 0.3 is 0 Å². The lowest BCUT2D eigenvalue weighted by atomic mass is 10.2. The summed E-state index contributed by atoms with van der Waals surface area (Å²) < 4.78 is 0. The van der Waals surface area contributed by atoms with Gasteiger partial charge in [-0.25, -0.2) is 4.98 Å². The summed E-state index contributed by atoms with van der Waals surface area (Å²) in [6.45, 7) is 0. The average Bonchev–Trinajstić information content (AvgIpc) is 2.37. The summed E-state index contributed by atoms with van der Waals surface area (Å²) in [7, 11) is 0. The van der Waals surface area contributed by atoms with Crippen molar-refractivity contribution in [1.29, 1.82) is 5.26 Å². The predicted octanol–water partition coefficient (Wildman–Crippen LogP) is 2.95. The molecule has 1 heterocycles. The van der Waals surface area contributed by atoms with Crippen LogP contribution in [-0.2, 0) is 5.75 Å². The van der Waals surface area contributed by atoms with E-state index in [1.807, 2.05) is 18.2 Å². The van der Waals surface area contributed by atoms with Crippen LogP contribution in [0.15, 0.2) is 47.5 Å². The highest BCUT2D eigenvalue weighted by Crippen LogP contribution is 2.26. The van der Waals surface area contributed by atoms with Gasteiger partial charge in [0.15, 0.2) is 0 Å². The molecule has 0 amide bonds. The highest BCUT2D eigenvalue weighted by molar-refractivity contribution is 7.98. The molecule has 2 aromatic rings. The van der Waals surface area contributed by atoms with Gasteiger partial charge in [0, 0.05) is 16.8 Å². The minimum absolute atomic E-state index is 0.252. The summed E-state index contributed by atoms with van der Waals surface area (Å²) in [4.78, 5) is 4.97. The lowest BCUT2D eigenvalue weighted by Gasteiger charge is -2.03. The van der Waals surface area contributed by atoms with Crippen LogP contribution in [0.1, 0.15) is 11.3 Å². The Hall–Kier alpha value is -1.99. The number of phenols is 1. The van der Waals surface area contributed by atoms with Crippen LogP contribution in [0.2, 0.25) is 0 Å². The van der Waals surface area contributed by atoms with Crippen LogP contribution >= 0.6 is 11.8 Å². The zero-order valence-corrected chi connectivity index (χ0v) is 9.81. The molecule has 0 saturated heterocycles. The molecule has 1 aromatic heterocycles. The molecule has 84 valence electrons. The highest BCUT2D eigenvalue weighted by Gasteiger charge is 2.03. The summed E-state index contributed by atoms with van der Waals surface area (Å²) >= 11 is 1.57. The van der Waals surface area contributed by atoms with Gasteiger partial charge in [-0.05, 0) is 29.8 Å². The first-order valence-corrected chi connectivity index (χ1v) is 6.04. The molecule has 2 rings (SSSR count). The summed E-state index contributed by atoms with van der Waals surface area (Å²) in [6.07, 6.45) is 1.61. The Labute approximate surface area is 104 Å². The van der Waals surface area contributed by atoms with Crippen LogP contribution in [0.5, 0.6) is 5.75 Å². The number of nitriles is 1. The molecule has 4 heteroatoms. The first-order chi connectivity index (χ1) is 8.29. The van der Waals surface area contributed by atoms with Crippen molar-refractivity contribution >= 4 is 11.8 Å². The van der Waals surface area contributed by atoms with E-state index in [0.717, 1.165) is 10.5 Å². The molecular weight excluding hydrogens is 232 g/mol. The summed E-state index contributed by atoms with van der Waals surface area (Å²) in [6, 6.07) is 12.8. The second kappa shape index (κ2) is 5.37. The minimum atomic E-state index is 0.252. The van der Waals surface area contributed by atoms with E-state index < -0.39 is 0 Å². The first-order valence-electron chi connectivity index (χ1n) is 5.05. The van der Waals surface area contributed by atoms with Gasteiger partial charge in [0.05, 0.1) is 0 Å². The fraction of sp³-hybridized carbons (Fsp3) is 0.0769. The van der Waals surface area contributed by atoms with Crippen LogP contribution < -0.4 is 0 Å². The monoisotopic (exact) mass is 242 g/mol. The van der Waals surface area contributed by atoms with Crippen molar-refractivity contribution in [2.45, 2.75) is 10.6 Å². The van der Waals surface area contributed by atoms with Gasteiger partial charge in [0.25, 0.3) is 0 Å². The number of aromatic nitrogens is 1. The van der Waals surface area contributed by atoms with E-state index in [-0.39, 0.29) is 5.75 Å². The van der Waals surface area contributed by atoms with Crippen LogP contribution in [-0.4, -0.2) is 10.1 Å². The van der Waals surface area contributed by atoms with Crippen molar-refractivity contribution in [3.8, 4) is 11.8 Å². The molecule has 3 nitrogen and oxygen atoms in total. The third-order valence-corrected chi connectivity index (χ3v) is 3.25. The molecule has 1 N–H and O–H groups in total. The molecule has 0 saturated carbocycles. The molecule has 0 bridgehead atoms. The Morgan fingerprint density at radius 2 is 2.18 bits per heavy atom. The van der Waals surface area contributed by atoms with E-state index in [1.165, 1.54) is 0 Å². The zero-order chi connectivity index (χ0) is 12.1. The SMILES string of the molecule is N#Cc1ncccc1CSc1cccc(O)c1. The topological polar surface area (TPSA) is 56.9 Å². The number of aromatic hydroxyl groups is 1. The summed E-state index contributed by atoms with van der Waals surface area (Å²) in [5, 5.41) is 18.2. The molecule has 0 spiro atoms. The van der Waals surface area contributed by atoms with E-state index in [4.69, 9.17) is 5.26 Å². The molecule has 0 aliphatic rings. The lowest BCUT2D eigenvalue weighted by molar-refractivity contribution is 0.474. The minimum Gasteiger partial charge on any atom is -0.508 e. The van der Waals surface area contributed by atoms with E-state index in [1.54, 1.807) is 36.2 Å². The Morgan fingerprint density at radius 1 is 1.29 bits per heavy atom. The molecule has 0 aliphatic heterocycles. The number of hydrogen-bond acceptors (Lipinski definition) is 4. The Kier molecular flexibility index (Phi) is 3.63. The number of benzene rings is 1. The first kappa shape index (κ1) is 11.5. The van der Waals surface area contributed by atoms with E-state index in [9.17, 15) is 5.11 Å². The summed E-state index contributed by atoms with van der Waals surface area (Å²) in [5.41, 5.74) is 1.36. The van der Waals surface area contributed by atoms with Gasteiger partial charge in [-0.1, -0.05) is 12.1 Å². The normalized spacial score (nSPS) is 9.82. The van der Waals surface area contributed by atoms with Crippen molar-refractivity contribution in [2.24, 2.45) is 0 Å². The van der Waals surface area contributed by atoms with E-state index >= 15 is 0 Å². The van der Waals surface area contributed by atoms with Crippen molar-refractivity contribution in [3.63, 3.8) is 0 Å². The van der Waals surface area contributed by atoms with Gasteiger partial charge in [-0.3, -0.25) is 0 Å². The highest BCUT2D eigenvalue weighted by atomic mass is 32.2. The maximum atomic E-state index is 9.33. The Morgan fingerprint density at radius 3 is 2.94 bits per heavy atom. The predicted molar refractivity (Wildman–Crippen MR) is 66.6 cm³/mol. The van der Waals surface area contributed by atoms with Crippen molar-refractivity contribution < 1.29 is 5.11 Å². The molecule has 0 unspecified atom stereocenters. The van der Waals surface area contributed by atoms with Crippen LogP contribution in [0.3, 0.4) is 0 Å². The largest absolute Gasteiger partial charge is 0.508 e. The van der Waals surface area contributed by atoms with Crippen LogP contribution in [0.4, 0.5) is 0 Å². The third kappa shape index (κ3) is 2.99. The van der Waals surface area contributed by atoms with Gasteiger partial charge < -0.3 is 5.11 Å². The second-order valence-electron chi connectivity index (χ2n) is 3.41. The van der Waals surface area contributed by atoms with Gasteiger partial charge in [-0.2, -0.15) is 5.26 Å². The molecule has 0 fully saturated rings. The zero-order valence-electron chi connectivity index (χ0n) is 9.00. The lowest BCUT2D eigenvalue weighted by Crippen LogP contribution is -1.90. The van der Waals surface area contributed by atoms with Gasteiger partial charge in [-0.15, -0.1) is 11.8 Å². The second-order valence-corrected chi connectivity index (χ2v) is 4.46. The number of hydrogen-bond donors (Lipinski definition) is 1. The fourth-order valence-corrected chi connectivity index (χ4v) is 2.32. The summed E-state index contributed by atoms with van der Waals surface area (Å²) in [5.74, 6) is 0.918. The van der Waals surface area contributed by atoms with Gasteiger partial charge in [0.2, 0.25) is 0 Å². The molecule has 1 aromatic carbocycles. The molecule has 0 aliphatic carbocycles. The molecule has 17 heavy (non-hydrogen) atoms. The number of pyridine rings is 1. The smallest absolute Gasteiger partial charge is 0.144 e. The standard InChI is InChI=1S/C13H10N2OS/c14-8-13-10(3-2-6-15-13)9-17-12-5-1-4-11(16)7-12/h1-7,16H,9H2. The molecule has 0 atom stereocenters. The van der Waals surface area contributed by atoms with Crippen molar-refractivity contribution in [1.82, 2.24) is 4.98 Å². The van der Waals surface area contributed by atoms with Crippen molar-refractivity contribution in [2.75, 3.05) is 0 Å². The third-order valence-electron chi connectivity index (χ3n) is 2.21. The Balaban J connectivity index is 2.10. The quantitative estimate of drug-likeness (QED) is 0.841.